The molecule has 1 heterocycles. The molecule has 15 heavy (non-hydrogen) atoms. The van der Waals surface area contributed by atoms with E-state index in [1.165, 1.54) is 0 Å². The van der Waals surface area contributed by atoms with Crippen LogP contribution in [-0.2, 0) is 12.0 Å². The monoisotopic (exact) mass is 207 g/mol. The van der Waals surface area contributed by atoms with Crippen LogP contribution in [0.4, 0.5) is 0 Å². The lowest BCUT2D eigenvalue weighted by molar-refractivity contribution is 0.414. The lowest BCUT2D eigenvalue weighted by Crippen LogP contribution is -2.35. The number of nitrogens with zero attached hydrogens (tertiary/aromatic N) is 2. The average molecular weight is 207 g/mol. The summed E-state index contributed by atoms with van der Waals surface area (Å²) >= 11 is 0. The zero-order chi connectivity index (χ0) is 11.5. The summed E-state index contributed by atoms with van der Waals surface area (Å²) in [4.78, 5) is 8.90. The van der Waals surface area contributed by atoms with Gasteiger partial charge in [0.15, 0.2) is 0 Å². The van der Waals surface area contributed by atoms with Crippen molar-refractivity contribution >= 4 is 0 Å². The summed E-state index contributed by atoms with van der Waals surface area (Å²) in [5, 5.41) is 3.21. The van der Waals surface area contributed by atoms with Crippen LogP contribution < -0.4 is 5.32 Å². The predicted octanol–water partition coefficient (Wildman–Crippen LogP) is 2.13. The van der Waals surface area contributed by atoms with Crippen LogP contribution in [0.2, 0.25) is 0 Å². The minimum absolute atomic E-state index is 0.160. The minimum Gasteiger partial charge on any atom is -0.308 e. The maximum atomic E-state index is 4.58. The highest BCUT2D eigenvalue weighted by atomic mass is 15.0. The zero-order valence-electron chi connectivity index (χ0n) is 10.3. The van der Waals surface area contributed by atoms with E-state index in [0.717, 1.165) is 17.9 Å². The molecular formula is C12H21N3. The van der Waals surface area contributed by atoms with Crippen LogP contribution in [-0.4, -0.2) is 17.0 Å². The molecule has 0 saturated heterocycles. The topological polar surface area (TPSA) is 37.8 Å². The molecule has 3 heteroatoms. The molecule has 1 N–H and O–H groups in total. The summed E-state index contributed by atoms with van der Waals surface area (Å²) < 4.78 is 0. The minimum atomic E-state index is -0.160. The van der Waals surface area contributed by atoms with Crippen LogP contribution in [0.5, 0.6) is 0 Å². The highest BCUT2D eigenvalue weighted by molar-refractivity contribution is 5.08. The number of nitrogens with one attached hydrogen (secondary N) is 1. The number of hydrogen-bond donors (Lipinski definition) is 1. The predicted molar refractivity (Wildman–Crippen MR) is 62.7 cm³/mol. The Hall–Kier alpha value is -0.960. The molecule has 0 fully saturated rings. The fourth-order valence-corrected chi connectivity index (χ4v) is 1.34. The lowest BCUT2D eigenvalue weighted by atomic mass is 10.0. The fourth-order valence-electron chi connectivity index (χ4n) is 1.34. The van der Waals surface area contributed by atoms with E-state index in [4.69, 9.17) is 0 Å². The molecule has 0 aliphatic carbocycles. The van der Waals surface area contributed by atoms with E-state index in [1.54, 1.807) is 0 Å². The van der Waals surface area contributed by atoms with E-state index in [0.29, 0.717) is 5.92 Å². The third kappa shape index (κ3) is 3.27. The van der Waals surface area contributed by atoms with Crippen molar-refractivity contribution in [3.63, 3.8) is 0 Å². The standard InChI is InChI=1S/C12H21N3/c1-9(2)8-10-6-7-14-11(15-10)12(3,4)13-5/h6-7,9,13H,8H2,1-5H3. The number of rotatable bonds is 4. The molecule has 1 aromatic rings. The summed E-state index contributed by atoms with van der Waals surface area (Å²) in [6, 6.07) is 2.00. The summed E-state index contributed by atoms with van der Waals surface area (Å²) in [6.45, 7) is 8.57. The molecule has 0 aromatic carbocycles. The summed E-state index contributed by atoms with van der Waals surface area (Å²) in [7, 11) is 1.93. The van der Waals surface area contributed by atoms with Gasteiger partial charge in [0.05, 0.1) is 5.54 Å². The second-order valence-electron chi connectivity index (χ2n) is 4.84. The number of hydrogen-bond acceptors (Lipinski definition) is 3. The Kier molecular flexibility index (Phi) is 3.80. The van der Waals surface area contributed by atoms with Crippen LogP contribution >= 0.6 is 0 Å². The normalized spacial score (nSPS) is 12.1. The Morgan fingerprint density at radius 2 is 2.07 bits per heavy atom. The SMILES string of the molecule is CNC(C)(C)c1nccc(CC(C)C)n1. The molecule has 0 amide bonds. The van der Waals surface area contributed by atoms with Crippen LogP contribution in [0.25, 0.3) is 0 Å². The van der Waals surface area contributed by atoms with E-state index in [-0.39, 0.29) is 5.54 Å². The quantitative estimate of drug-likeness (QED) is 0.822. The van der Waals surface area contributed by atoms with Crippen LogP contribution in [0, 0.1) is 5.92 Å². The molecule has 0 aliphatic rings. The van der Waals surface area contributed by atoms with E-state index in [2.05, 4.69) is 43.0 Å². The van der Waals surface area contributed by atoms with E-state index in [1.807, 2.05) is 19.3 Å². The molecule has 0 spiro atoms. The Bertz CT molecular complexity index is 318. The van der Waals surface area contributed by atoms with Crippen molar-refractivity contribution in [2.24, 2.45) is 5.92 Å². The molecule has 0 atom stereocenters. The van der Waals surface area contributed by atoms with E-state index in [9.17, 15) is 0 Å². The Morgan fingerprint density at radius 3 is 2.60 bits per heavy atom. The highest BCUT2D eigenvalue weighted by Gasteiger charge is 2.21. The molecule has 0 saturated carbocycles. The Morgan fingerprint density at radius 1 is 1.40 bits per heavy atom. The first-order valence-corrected chi connectivity index (χ1v) is 5.47. The molecule has 0 unspecified atom stereocenters. The maximum absolute atomic E-state index is 4.58. The summed E-state index contributed by atoms with van der Waals surface area (Å²) in [5.74, 6) is 1.49. The second kappa shape index (κ2) is 4.71. The molecule has 84 valence electrons. The van der Waals surface area contributed by atoms with Crippen LogP contribution in [0.3, 0.4) is 0 Å². The van der Waals surface area contributed by atoms with Gasteiger partial charge < -0.3 is 5.32 Å². The largest absolute Gasteiger partial charge is 0.308 e. The van der Waals surface area contributed by atoms with Gasteiger partial charge in [0.25, 0.3) is 0 Å². The molecule has 0 aliphatic heterocycles. The molecule has 1 aromatic heterocycles. The van der Waals surface area contributed by atoms with Crippen molar-refractivity contribution in [1.82, 2.24) is 15.3 Å². The molecule has 3 nitrogen and oxygen atoms in total. The van der Waals surface area contributed by atoms with Gasteiger partial charge >= 0.3 is 0 Å². The smallest absolute Gasteiger partial charge is 0.147 e. The van der Waals surface area contributed by atoms with Gasteiger partial charge in [-0.25, -0.2) is 9.97 Å². The molecule has 0 radical (unpaired) electrons. The van der Waals surface area contributed by atoms with Crippen molar-refractivity contribution in [2.45, 2.75) is 39.7 Å². The third-order valence-electron chi connectivity index (χ3n) is 2.51. The van der Waals surface area contributed by atoms with Gasteiger partial charge in [-0.3, -0.25) is 0 Å². The van der Waals surface area contributed by atoms with Crippen molar-refractivity contribution in [1.29, 1.82) is 0 Å². The van der Waals surface area contributed by atoms with Gasteiger partial charge in [0.2, 0.25) is 0 Å². The van der Waals surface area contributed by atoms with Crippen molar-refractivity contribution in [2.75, 3.05) is 7.05 Å². The number of aromatic nitrogens is 2. The van der Waals surface area contributed by atoms with Gasteiger partial charge in [-0.05, 0) is 39.3 Å². The second-order valence-corrected chi connectivity index (χ2v) is 4.84. The first-order valence-electron chi connectivity index (χ1n) is 5.47. The maximum Gasteiger partial charge on any atom is 0.147 e. The van der Waals surface area contributed by atoms with Gasteiger partial charge in [-0.2, -0.15) is 0 Å². The van der Waals surface area contributed by atoms with Crippen LogP contribution in [0.15, 0.2) is 12.3 Å². The van der Waals surface area contributed by atoms with Crippen molar-refractivity contribution in [3.05, 3.63) is 23.8 Å². The highest BCUT2D eigenvalue weighted by Crippen LogP contribution is 2.15. The molecule has 0 bridgehead atoms. The Labute approximate surface area is 92.3 Å². The average Bonchev–Trinajstić information content (AvgIpc) is 2.17. The first kappa shape index (κ1) is 12.1. The summed E-state index contributed by atoms with van der Waals surface area (Å²) in [5.41, 5.74) is 0.964. The zero-order valence-corrected chi connectivity index (χ0v) is 10.3. The van der Waals surface area contributed by atoms with E-state index < -0.39 is 0 Å². The van der Waals surface area contributed by atoms with Gasteiger partial charge in [-0.15, -0.1) is 0 Å². The van der Waals surface area contributed by atoms with Gasteiger partial charge in [-0.1, -0.05) is 13.8 Å². The molecular weight excluding hydrogens is 186 g/mol. The molecule has 1 rings (SSSR count). The van der Waals surface area contributed by atoms with Crippen LogP contribution in [0.1, 0.15) is 39.2 Å². The summed E-state index contributed by atoms with van der Waals surface area (Å²) in [6.07, 6.45) is 2.86. The van der Waals surface area contributed by atoms with Crippen molar-refractivity contribution < 1.29 is 0 Å². The van der Waals surface area contributed by atoms with E-state index >= 15 is 0 Å². The van der Waals surface area contributed by atoms with Gasteiger partial charge in [0, 0.05) is 11.9 Å². The Balaban J connectivity index is 2.92. The van der Waals surface area contributed by atoms with Crippen molar-refractivity contribution in [3.8, 4) is 0 Å². The fraction of sp³-hybridized carbons (Fsp3) is 0.667. The lowest BCUT2D eigenvalue weighted by Gasteiger charge is -2.22. The first-order chi connectivity index (χ1) is 6.95. The van der Waals surface area contributed by atoms with Gasteiger partial charge in [0.1, 0.15) is 5.82 Å². The third-order valence-corrected chi connectivity index (χ3v) is 2.51.